The third kappa shape index (κ3) is 4.28. The van der Waals surface area contributed by atoms with Gasteiger partial charge in [0.2, 0.25) is 0 Å². The molecule has 2 aliphatic carbocycles. The number of alkyl halides is 2. The van der Waals surface area contributed by atoms with E-state index in [9.17, 15) is 13.6 Å². The van der Waals surface area contributed by atoms with E-state index < -0.39 is 5.92 Å². The number of rotatable bonds is 5. The zero-order valence-corrected chi connectivity index (χ0v) is 19.1. The van der Waals surface area contributed by atoms with E-state index >= 15 is 0 Å². The van der Waals surface area contributed by atoms with Gasteiger partial charge in [0, 0.05) is 52.9 Å². The van der Waals surface area contributed by atoms with Crippen molar-refractivity contribution in [1.29, 1.82) is 0 Å². The molecule has 1 fully saturated rings. The molecule has 6 nitrogen and oxygen atoms in total. The Morgan fingerprint density at radius 3 is 2.91 bits per heavy atom. The predicted octanol–water partition coefficient (Wildman–Crippen LogP) is 5.30. The Bertz CT molecular complexity index is 1210. The van der Waals surface area contributed by atoms with Crippen molar-refractivity contribution in [3.63, 3.8) is 0 Å². The first-order chi connectivity index (χ1) is 15.8. The lowest BCUT2D eigenvalue weighted by atomic mass is 9.90. The van der Waals surface area contributed by atoms with E-state index in [1.165, 1.54) is 0 Å². The summed E-state index contributed by atoms with van der Waals surface area (Å²) in [5.41, 5.74) is 2.20. The molecule has 0 radical (unpaired) electrons. The Morgan fingerprint density at radius 1 is 1.30 bits per heavy atom. The van der Waals surface area contributed by atoms with E-state index in [2.05, 4.69) is 20.7 Å². The maximum atomic E-state index is 14.5. The molecule has 0 saturated heterocycles. The van der Waals surface area contributed by atoms with Crippen molar-refractivity contribution < 1.29 is 13.6 Å². The van der Waals surface area contributed by atoms with Gasteiger partial charge in [-0.25, -0.2) is 4.98 Å². The van der Waals surface area contributed by atoms with Crippen LogP contribution in [0.25, 0.3) is 10.9 Å². The van der Waals surface area contributed by atoms with Crippen LogP contribution in [0.4, 0.5) is 14.5 Å². The van der Waals surface area contributed by atoms with Crippen molar-refractivity contribution in [2.45, 2.75) is 70.0 Å². The molecule has 1 aromatic carbocycles. The summed E-state index contributed by atoms with van der Waals surface area (Å²) < 4.78 is 30.8. The van der Waals surface area contributed by atoms with Gasteiger partial charge in [0.05, 0.1) is 17.3 Å². The Morgan fingerprint density at radius 2 is 2.12 bits per heavy atom. The van der Waals surface area contributed by atoms with Crippen molar-refractivity contribution >= 4 is 34.1 Å². The zero-order valence-electron chi connectivity index (χ0n) is 18.4. The number of pyridine rings is 1. The summed E-state index contributed by atoms with van der Waals surface area (Å²) in [7, 11) is 0. The Labute approximate surface area is 195 Å². The molecule has 2 N–H and O–H groups in total. The van der Waals surface area contributed by atoms with E-state index in [0.717, 1.165) is 24.6 Å². The van der Waals surface area contributed by atoms with Crippen LogP contribution in [-0.4, -0.2) is 32.8 Å². The maximum absolute atomic E-state index is 14.5. The van der Waals surface area contributed by atoms with Crippen LogP contribution in [0.5, 0.6) is 0 Å². The molecule has 1 saturated carbocycles. The monoisotopic (exact) mass is 473 g/mol. The lowest BCUT2D eigenvalue weighted by Crippen LogP contribution is -2.41. The van der Waals surface area contributed by atoms with Crippen molar-refractivity contribution in [3.8, 4) is 0 Å². The topological polar surface area (TPSA) is 71.8 Å². The van der Waals surface area contributed by atoms with Crippen LogP contribution in [0.15, 0.2) is 30.6 Å². The summed E-state index contributed by atoms with van der Waals surface area (Å²) in [5.74, 6) is -3.06. The van der Waals surface area contributed by atoms with Crippen LogP contribution in [0.3, 0.4) is 0 Å². The summed E-state index contributed by atoms with van der Waals surface area (Å²) in [6.45, 7) is 2.67. The van der Waals surface area contributed by atoms with Gasteiger partial charge in [-0.1, -0.05) is 11.6 Å². The second-order valence-corrected chi connectivity index (χ2v) is 9.38. The molecule has 5 rings (SSSR count). The van der Waals surface area contributed by atoms with Crippen LogP contribution in [-0.2, 0) is 18.9 Å². The summed E-state index contributed by atoms with van der Waals surface area (Å²) in [4.78, 5) is 16.9. The van der Waals surface area contributed by atoms with Crippen molar-refractivity contribution in [2.75, 3.05) is 5.32 Å². The number of nitrogens with one attached hydrogen (secondary N) is 2. The standard InChI is InChI=1S/C24H26ClF2N5O/c1-2-32-13-14(12-28-32)23(33)30-17-5-3-4-16(11-17)29-21-18-8-9-24(26,27)22(18)31-20-7-6-15(25)10-19(20)21/h6-7,10,12-13,16-17H,2-5,8-9,11H2,1H3,(H,29,31)(H,30,33)/t16-,17+/m0/s1. The summed E-state index contributed by atoms with van der Waals surface area (Å²) in [6.07, 6.45) is 6.78. The summed E-state index contributed by atoms with van der Waals surface area (Å²) in [6, 6.07) is 5.20. The minimum absolute atomic E-state index is 0.0000876. The van der Waals surface area contributed by atoms with Gasteiger partial charge in [0.15, 0.2) is 0 Å². The second kappa shape index (κ2) is 8.56. The fraction of sp³-hybridized carbons (Fsp3) is 0.458. The highest BCUT2D eigenvalue weighted by molar-refractivity contribution is 6.31. The van der Waals surface area contributed by atoms with E-state index in [1.807, 2.05) is 6.92 Å². The van der Waals surface area contributed by atoms with Gasteiger partial charge in [0.1, 0.15) is 5.69 Å². The highest BCUT2D eigenvalue weighted by Crippen LogP contribution is 2.46. The largest absolute Gasteiger partial charge is 0.381 e. The SMILES string of the molecule is CCn1cc(C(=O)N[C@@H]2CCC[C@H](Nc3c4c(nc5ccc(Cl)cc35)C(F)(F)CC4)C2)cn1. The highest BCUT2D eigenvalue weighted by Gasteiger charge is 2.43. The predicted molar refractivity (Wildman–Crippen MR) is 124 cm³/mol. The van der Waals surface area contributed by atoms with Crippen molar-refractivity contribution in [3.05, 3.63) is 52.4 Å². The lowest BCUT2D eigenvalue weighted by molar-refractivity contribution is -0.00567. The number of aromatic nitrogens is 3. The zero-order chi connectivity index (χ0) is 23.2. The van der Waals surface area contributed by atoms with Crippen molar-refractivity contribution in [2.24, 2.45) is 0 Å². The molecule has 0 aliphatic heterocycles. The molecule has 3 aromatic rings. The third-order valence-corrected chi connectivity index (χ3v) is 6.90. The number of carbonyl (C=O) groups excluding carboxylic acids is 1. The minimum Gasteiger partial charge on any atom is -0.381 e. The van der Waals surface area contributed by atoms with Crippen LogP contribution < -0.4 is 10.6 Å². The number of nitrogens with zero attached hydrogens (tertiary/aromatic N) is 3. The smallest absolute Gasteiger partial charge is 0.290 e. The number of amides is 1. The van der Waals surface area contributed by atoms with E-state index in [1.54, 1.807) is 35.3 Å². The van der Waals surface area contributed by atoms with Gasteiger partial charge < -0.3 is 10.6 Å². The molecule has 0 spiro atoms. The Hall–Kier alpha value is -2.74. The molecule has 0 bridgehead atoms. The minimum atomic E-state index is -2.93. The summed E-state index contributed by atoms with van der Waals surface area (Å²) in [5, 5.41) is 12.1. The molecule has 9 heteroatoms. The van der Waals surface area contributed by atoms with E-state index in [0.29, 0.717) is 40.3 Å². The molecule has 2 aliphatic rings. The number of fused-ring (bicyclic) bond motifs is 2. The van der Waals surface area contributed by atoms with E-state index in [4.69, 9.17) is 11.6 Å². The average molecular weight is 474 g/mol. The quantitative estimate of drug-likeness (QED) is 0.527. The molecular formula is C24H26ClF2N5O. The van der Waals surface area contributed by atoms with E-state index in [-0.39, 0.29) is 36.5 Å². The number of anilines is 1. The fourth-order valence-corrected chi connectivity index (χ4v) is 5.14. The van der Waals surface area contributed by atoms with Gasteiger partial charge in [0.25, 0.3) is 11.8 Å². The van der Waals surface area contributed by atoms with Crippen LogP contribution >= 0.6 is 11.6 Å². The molecule has 174 valence electrons. The number of aryl methyl sites for hydroxylation is 1. The molecule has 2 atom stereocenters. The summed E-state index contributed by atoms with van der Waals surface area (Å²) >= 11 is 6.23. The third-order valence-electron chi connectivity index (χ3n) is 6.66. The molecule has 0 unspecified atom stereocenters. The second-order valence-electron chi connectivity index (χ2n) is 8.94. The number of hydrogen-bond donors (Lipinski definition) is 2. The van der Waals surface area contributed by atoms with Crippen molar-refractivity contribution in [1.82, 2.24) is 20.1 Å². The Kier molecular flexibility index (Phi) is 5.72. The molecular weight excluding hydrogens is 448 g/mol. The van der Waals surface area contributed by atoms with Crippen LogP contribution in [0.1, 0.15) is 60.6 Å². The first kappa shape index (κ1) is 22.1. The van der Waals surface area contributed by atoms with Crippen LogP contribution in [0.2, 0.25) is 5.02 Å². The van der Waals surface area contributed by atoms with Gasteiger partial charge in [-0.2, -0.15) is 13.9 Å². The van der Waals surface area contributed by atoms with Gasteiger partial charge in [-0.05, 0) is 57.2 Å². The normalized spacial score (nSPS) is 21.7. The number of benzene rings is 1. The molecule has 1 amide bonds. The highest BCUT2D eigenvalue weighted by atomic mass is 35.5. The lowest BCUT2D eigenvalue weighted by Gasteiger charge is -2.32. The van der Waals surface area contributed by atoms with Crippen LogP contribution in [0, 0.1) is 0 Å². The Balaban J connectivity index is 1.38. The fourth-order valence-electron chi connectivity index (χ4n) is 4.96. The first-order valence-corrected chi connectivity index (χ1v) is 11.8. The first-order valence-electron chi connectivity index (χ1n) is 11.4. The number of halogens is 3. The molecule has 2 heterocycles. The van der Waals surface area contributed by atoms with Gasteiger partial charge >= 0.3 is 0 Å². The molecule has 2 aromatic heterocycles. The van der Waals surface area contributed by atoms with Gasteiger partial charge in [-0.15, -0.1) is 0 Å². The van der Waals surface area contributed by atoms with Gasteiger partial charge in [-0.3, -0.25) is 9.48 Å². The maximum Gasteiger partial charge on any atom is 0.290 e. The number of hydrogen-bond acceptors (Lipinski definition) is 4. The average Bonchev–Trinajstić information content (AvgIpc) is 3.39. The number of carbonyl (C=O) groups is 1. The molecule has 33 heavy (non-hydrogen) atoms.